The number of amides is 1. The molecular formula is C10H14N4O. The van der Waals surface area contributed by atoms with Gasteiger partial charge in [-0.1, -0.05) is 11.6 Å². The van der Waals surface area contributed by atoms with Gasteiger partial charge in [-0.2, -0.15) is 5.10 Å². The Balaban J connectivity index is 2.16. The van der Waals surface area contributed by atoms with E-state index >= 15 is 0 Å². The maximum Gasteiger partial charge on any atom is 0.274 e. The molecule has 0 radical (unpaired) electrons. The maximum atomic E-state index is 12.0. The molecule has 0 aliphatic carbocycles. The molecule has 0 unspecified atom stereocenters. The highest BCUT2D eigenvalue weighted by Crippen LogP contribution is 2.14. The molecule has 2 heterocycles. The number of hydrogen-bond acceptors (Lipinski definition) is 3. The van der Waals surface area contributed by atoms with E-state index < -0.39 is 0 Å². The summed E-state index contributed by atoms with van der Waals surface area (Å²) in [6.07, 6.45) is 4.52. The van der Waals surface area contributed by atoms with Crippen molar-refractivity contribution in [3.05, 3.63) is 23.5 Å². The van der Waals surface area contributed by atoms with Crippen molar-refractivity contribution in [2.24, 2.45) is 0 Å². The van der Waals surface area contributed by atoms with Crippen molar-refractivity contribution in [2.45, 2.75) is 13.3 Å². The summed E-state index contributed by atoms with van der Waals surface area (Å²) in [4.78, 5) is 13.8. The van der Waals surface area contributed by atoms with Crippen LogP contribution in [0.4, 0.5) is 5.69 Å². The van der Waals surface area contributed by atoms with Gasteiger partial charge in [-0.3, -0.25) is 9.89 Å². The van der Waals surface area contributed by atoms with Crippen LogP contribution in [0.25, 0.3) is 0 Å². The van der Waals surface area contributed by atoms with E-state index in [-0.39, 0.29) is 5.91 Å². The van der Waals surface area contributed by atoms with Crippen LogP contribution >= 0.6 is 0 Å². The van der Waals surface area contributed by atoms with Gasteiger partial charge in [0.2, 0.25) is 0 Å². The number of rotatable bonds is 1. The number of nitrogens with one attached hydrogen (secondary N) is 1. The first-order valence-electron chi connectivity index (χ1n) is 4.92. The molecular weight excluding hydrogens is 192 g/mol. The van der Waals surface area contributed by atoms with Crippen molar-refractivity contribution in [3.63, 3.8) is 0 Å². The van der Waals surface area contributed by atoms with Gasteiger partial charge < -0.3 is 10.6 Å². The van der Waals surface area contributed by atoms with Crippen LogP contribution in [0, 0.1) is 0 Å². The van der Waals surface area contributed by atoms with Gasteiger partial charge in [-0.15, -0.1) is 0 Å². The number of nitrogens with two attached hydrogens (primary N) is 1. The predicted molar refractivity (Wildman–Crippen MR) is 57.3 cm³/mol. The third-order valence-corrected chi connectivity index (χ3v) is 2.50. The van der Waals surface area contributed by atoms with E-state index in [1.807, 2.05) is 6.92 Å². The molecule has 3 N–H and O–H groups in total. The maximum absolute atomic E-state index is 12.0. The number of aromatic amines is 1. The predicted octanol–water partition coefficient (Wildman–Crippen LogP) is 0.784. The molecule has 1 amide bonds. The molecule has 0 bridgehead atoms. The van der Waals surface area contributed by atoms with Crippen molar-refractivity contribution in [3.8, 4) is 0 Å². The first-order chi connectivity index (χ1) is 7.18. The van der Waals surface area contributed by atoms with Crippen LogP contribution < -0.4 is 5.73 Å². The number of nitrogens with zero attached hydrogens (tertiary/aromatic N) is 2. The summed E-state index contributed by atoms with van der Waals surface area (Å²) >= 11 is 0. The molecule has 1 aromatic heterocycles. The molecule has 80 valence electrons. The van der Waals surface area contributed by atoms with E-state index in [0.29, 0.717) is 17.9 Å². The quantitative estimate of drug-likeness (QED) is 0.667. The van der Waals surface area contributed by atoms with Crippen molar-refractivity contribution < 1.29 is 4.79 Å². The third kappa shape index (κ3) is 1.86. The molecule has 0 aromatic carbocycles. The fourth-order valence-corrected chi connectivity index (χ4v) is 1.71. The van der Waals surface area contributed by atoms with Gasteiger partial charge in [0, 0.05) is 13.1 Å². The van der Waals surface area contributed by atoms with Crippen LogP contribution in [0.1, 0.15) is 23.8 Å². The number of nitrogen functional groups attached to an aromatic ring is 1. The molecule has 1 aliphatic heterocycles. The number of anilines is 1. The molecule has 0 saturated carbocycles. The first kappa shape index (κ1) is 9.76. The van der Waals surface area contributed by atoms with E-state index in [1.54, 1.807) is 4.90 Å². The Hall–Kier alpha value is -1.78. The van der Waals surface area contributed by atoms with Crippen LogP contribution in [0.5, 0.6) is 0 Å². The molecule has 0 saturated heterocycles. The second-order valence-electron chi connectivity index (χ2n) is 3.77. The second-order valence-corrected chi connectivity index (χ2v) is 3.77. The van der Waals surface area contributed by atoms with Crippen molar-refractivity contribution in [1.29, 1.82) is 0 Å². The standard InChI is InChI=1S/C10H14N4O/c1-7-3-2-4-14(6-7)10(15)9-8(11)5-12-13-9/h3,5H,2,4,6,11H2,1H3,(H,12,13). The summed E-state index contributed by atoms with van der Waals surface area (Å²) in [7, 11) is 0. The SMILES string of the molecule is CC1=CCCN(C(=O)c2[nH]ncc2N)C1. The van der Waals surface area contributed by atoms with E-state index in [9.17, 15) is 4.79 Å². The Kier molecular flexibility index (Phi) is 2.45. The van der Waals surface area contributed by atoms with Gasteiger partial charge in [-0.25, -0.2) is 0 Å². The van der Waals surface area contributed by atoms with Crippen LogP contribution in [-0.4, -0.2) is 34.1 Å². The first-order valence-corrected chi connectivity index (χ1v) is 4.92. The summed E-state index contributed by atoms with van der Waals surface area (Å²) in [5, 5.41) is 6.38. The molecule has 2 rings (SSSR count). The van der Waals surface area contributed by atoms with Gasteiger partial charge >= 0.3 is 0 Å². The Morgan fingerprint density at radius 2 is 2.47 bits per heavy atom. The Bertz CT molecular complexity index is 407. The van der Waals surface area contributed by atoms with Gasteiger partial charge in [-0.05, 0) is 13.3 Å². The van der Waals surface area contributed by atoms with Crippen molar-refractivity contribution >= 4 is 11.6 Å². The van der Waals surface area contributed by atoms with E-state index in [0.717, 1.165) is 13.0 Å². The number of carbonyl (C=O) groups excluding carboxylic acids is 1. The van der Waals surface area contributed by atoms with Crippen LogP contribution in [0.15, 0.2) is 17.8 Å². The molecule has 1 aromatic rings. The topological polar surface area (TPSA) is 75.0 Å². The average Bonchev–Trinajstić information content (AvgIpc) is 2.63. The lowest BCUT2D eigenvalue weighted by molar-refractivity contribution is 0.0761. The van der Waals surface area contributed by atoms with Gasteiger partial charge in [0.15, 0.2) is 0 Å². The summed E-state index contributed by atoms with van der Waals surface area (Å²) in [6, 6.07) is 0. The molecule has 0 atom stereocenters. The molecule has 5 heteroatoms. The lowest BCUT2D eigenvalue weighted by Gasteiger charge is -2.25. The number of aromatic nitrogens is 2. The zero-order valence-electron chi connectivity index (χ0n) is 8.66. The molecule has 15 heavy (non-hydrogen) atoms. The van der Waals surface area contributed by atoms with Crippen LogP contribution in [-0.2, 0) is 0 Å². The minimum Gasteiger partial charge on any atom is -0.396 e. The number of H-pyrrole nitrogens is 1. The highest BCUT2D eigenvalue weighted by atomic mass is 16.2. The lowest BCUT2D eigenvalue weighted by atomic mass is 10.1. The molecule has 0 fully saturated rings. The highest BCUT2D eigenvalue weighted by Gasteiger charge is 2.21. The number of hydrogen-bond donors (Lipinski definition) is 2. The summed E-state index contributed by atoms with van der Waals surface area (Å²) in [5.74, 6) is -0.0718. The fourth-order valence-electron chi connectivity index (χ4n) is 1.71. The monoisotopic (exact) mass is 206 g/mol. The van der Waals surface area contributed by atoms with Crippen LogP contribution in [0.2, 0.25) is 0 Å². The van der Waals surface area contributed by atoms with Crippen molar-refractivity contribution in [1.82, 2.24) is 15.1 Å². The minimum absolute atomic E-state index is 0.0718. The van der Waals surface area contributed by atoms with Crippen molar-refractivity contribution in [2.75, 3.05) is 18.8 Å². The Morgan fingerprint density at radius 3 is 3.07 bits per heavy atom. The number of carbonyl (C=O) groups is 1. The normalized spacial score (nSPS) is 16.3. The minimum atomic E-state index is -0.0718. The summed E-state index contributed by atoms with van der Waals surface area (Å²) in [5.41, 5.74) is 7.65. The highest BCUT2D eigenvalue weighted by molar-refractivity contribution is 5.97. The van der Waals surface area contributed by atoms with E-state index in [4.69, 9.17) is 5.73 Å². The average molecular weight is 206 g/mol. The summed E-state index contributed by atoms with van der Waals surface area (Å²) < 4.78 is 0. The summed E-state index contributed by atoms with van der Waals surface area (Å²) in [6.45, 7) is 3.45. The Morgan fingerprint density at radius 1 is 1.67 bits per heavy atom. The fraction of sp³-hybridized carbons (Fsp3) is 0.400. The molecule has 0 spiro atoms. The zero-order valence-corrected chi connectivity index (χ0v) is 8.66. The Labute approximate surface area is 87.9 Å². The van der Waals surface area contributed by atoms with Gasteiger partial charge in [0.25, 0.3) is 5.91 Å². The van der Waals surface area contributed by atoms with Crippen LogP contribution in [0.3, 0.4) is 0 Å². The van der Waals surface area contributed by atoms with E-state index in [2.05, 4.69) is 16.3 Å². The lowest BCUT2D eigenvalue weighted by Crippen LogP contribution is -2.35. The molecule has 1 aliphatic rings. The zero-order chi connectivity index (χ0) is 10.8. The molecule has 5 nitrogen and oxygen atoms in total. The smallest absolute Gasteiger partial charge is 0.274 e. The van der Waals surface area contributed by atoms with E-state index in [1.165, 1.54) is 11.8 Å². The largest absolute Gasteiger partial charge is 0.396 e. The van der Waals surface area contributed by atoms with Gasteiger partial charge in [0.05, 0.1) is 11.9 Å². The second kappa shape index (κ2) is 3.76. The third-order valence-electron chi connectivity index (χ3n) is 2.50. The van der Waals surface area contributed by atoms with Gasteiger partial charge in [0.1, 0.15) is 5.69 Å².